The number of carbonyl (C=O) groups excluding carboxylic acids is 2. The summed E-state index contributed by atoms with van der Waals surface area (Å²) in [4.78, 5) is 33.0. The lowest BCUT2D eigenvalue weighted by atomic mass is 9.79. The van der Waals surface area contributed by atoms with Gasteiger partial charge >= 0.3 is 13.1 Å². The van der Waals surface area contributed by atoms with Crippen molar-refractivity contribution in [3.8, 4) is 11.5 Å². The zero-order valence-electron chi connectivity index (χ0n) is 12.4. The Hall–Kier alpha value is -2.89. The number of carbonyl (C=O) groups is 2. The molecule has 2 aromatic carbocycles. The maximum Gasteiger partial charge on any atom is 0.488 e. The van der Waals surface area contributed by atoms with Crippen LogP contribution in [0.3, 0.4) is 0 Å². The zero-order chi connectivity index (χ0) is 18.6. The molecule has 0 bridgehead atoms. The number of ether oxygens (including phenoxy) is 2. The quantitative estimate of drug-likeness (QED) is 0.127. The van der Waals surface area contributed by atoms with E-state index in [0.29, 0.717) is 4.90 Å². The van der Waals surface area contributed by atoms with Crippen LogP contribution in [0.25, 0.3) is 0 Å². The number of nitro groups is 1. The van der Waals surface area contributed by atoms with Crippen LogP contribution in [-0.2, 0) is 4.79 Å². The minimum atomic E-state index is -2.00. The van der Waals surface area contributed by atoms with Crippen LogP contribution in [0.2, 0.25) is 0 Å². The minimum absolute atomic E-state index is 0.00254. The molecule has 0 fully saturated rings. The van der Waals surface area contributed by atoms with E-state index in [1.165, 1.54) is 18.2 Å². The second-order valence-corrected chi connectivity index (χ2v) is 5.16. The third-order valence-electron chi connectivity index (χ3n) is 3.00. The van der Waals surface area contributed by atoms with Crippen molar-refractivity contribution in [1.29, 1.82) is 0 Å². The predicted octanol–water partition coefficient (Wildman–Crippen LogP) is 0.318. The van der Waals surface area contributed by atoms with Crippen LogP contribution in [0.4, 0.5) is 5.69 Å². The van der Waals surface area contributed by atoms with Gasteiger partial charge in [0.25, 0.3) is 12.2 Å². The lowest BCUT2D eigenvalue weighted by molar-refractivity contribution is -0.384. The fourth-order valence-corrected chi connectivity index (χ4v) is 2.07. The van der Waals surface area contributed by atoms with Crippen molar-refractivity contribution in [3.05, 3.63) is 52.1 Å². The Bertz CT molecular complexity index is 842. The van der Waals surface area contributed by atoms with Crippen LogP contribution < -0.4 is 14.9 Å². The van der Waals surface area contributed by atoms with Gasteiger partial charge in [-0.2, -0.15) is 0 Å². The van der Waals surface area contributed by atoms with Crippen LogP contribution in [0.5, 0.6) is 11.5 Å². The highest BCUT2D eigenvalue weighted by Crippen LogP contribution is 2.28. The fraction of sp³-hybridized carbons (Fsp3) is 0. The van der Waals surface area contributed by atoms with Crippen molar-refractivity contribution in [1.82, 2.24) is 0 Å². The standard InChI is InChI=1S/C14H10BNO8S/c17-7-23-12-6-11(1-2-13(12)25)24-14(18)8-3-9(15(19)20)5-10(4-8)16(21)22/h1-7,19-20,25H. The highest BCUT2D eigenvalue weighted by Gasteiger charge is 2.21. The molecule has 0 saturated heterocycles. The van der Waals surface area contributed by atoms with Gasteiger partial charge in [0.15, 0.2) is 0 Å². The van der Waals surface area contributed by atoms with E-state index in [1.54, 1.807) is 0 Å². The highest BCUT2D eigenvalue weighted by atomic mass is 32.1. The molecular weight excluding hydrogens is 353 g/mol. The summed E-state index contributed by atoms with van der Waals surface area (Å²) in [7, 11) is -2.00. The van der Waals surface area contributed by atoms with E-state index in [1.807, 2.05) is 0 Å². The number of hydrogen-bond donors (Lipinski definition) is 3. The van der Waals surface area contributed by atoms with Crippen molar-refractivity contribution in [2.24, 2.45) is 0 Å². The largest absolute Gasteiger partial charge is 0.488 e. The molecule has 0 radical (unpaired) electrons. The van der Waals surface area contributed by atoms with Crippen LogP contribution in [0, 0.1) is 10.1 Å². The molecule has 9 nitrogen and oxygen atoms in total. The third-order valence-corrected chi connectivity index (χ3v) is 3.37. The SMILES string of the molecule is O=COc1cc(OC(=O)c2cc(B(O)O)cc([N+](=O)[O-])c2)ccc1S. The molecule has 0 atom stereocenters. The lowest BCUT2D eigenvalue weighted by Crippen LogP contribution is -2.31. The summed E-state index contributed by atoms with van der Waals surface area (Å²) in [6.45, 7) is 0.177. The number of rotatable bonds is 6. The van der Waals surface area contributed by atoms with E-state index in [9.17, 15) is 29.8 Å². The predicted molar refractivity (Wildman–Crippen MR) is 88.3 cm³/mol. The van der Waals surface area contributed by atoms with E-state index >= 15 is 0 Å². The molecule has 0 heterocycles. The molecule has 0 aliphatic carbocycles. The molecule has 0 aliphatic rings. The van der Waals surface area contributed by atoms with Gasteiger partial charge in [-0.1, -0.05) is 0 Å². The molecule has 0 aliphatic heterocycles. The van der Waals surface area contributed by atoms with Gasteiger partial charge in [0.2, 0.25) is 0 Å². The Kier molecular flexibility index (Phi) is 5.75. The first-order chi connectivity index (χ1) is 11.8. The number of hydrogen-bond acceptors (Lipinski definition) is 9. The van der Waals surface area contributed by atoms with E-state index in [2.05, 4.69) is 17.4 Å². The molecule has 0 unspecified atom stereocenters. The number of benzene rings is 2. The Morgan fingerprint density at radius 2 is 1.96 bits per heavy atom. The maximum atomic E-state index is 12.2. The summed E-state index contributed by atoms with van der Waals surface area (Å²) in [5.41, 5.74) is -1.00. The molecular formula is C14H10BNO8S. The van der Waals surface area contributed by atoms with Crippen LogP contribution in [0.15, 0.2) is 41.3 Å². The summed E-state index contributed by atoms with van der Waals surface area (Å²) in [6, 6.07) is 6.93. The third kappa shape index (κ3) is 4.56. The molecule has 2 rings (SSSR count). The summed E-state index contributed by atoms with van der Waals surface area (Å²) >= 11 is 4.06. The zero-order valence-corrected chi connectivity index (χ0v) is 13.3. The summed E-state index contributed by atoms with van der Waals surface area (Å²) in [6.07, 6.45) is 0. The van der Waals surface area contributed by atoms with Gasteiger partial charge in [0, 0.05) is 23.1 Å². The first-order valence-electron chi connectivity index (χ1n) is 6.63. The van der Waals surface area contributed by atoms with Crippen molar-refractivity contribution in [3.63, 3.8) is 0 Å². The number of nitro benzene ring substituents is 1. The fourth-order valence-electron chi connectivity index (χ4n) is 1.88. The van der Waals surface area contributed by atoms with Crippen LogP contribution in [-0.4, -0.2) is 34.5 Å². The molecule has 11 heteroatoms. The molecule has 2 aromatic rings. The molecule has 0 spiro atoms. The van der Waals surface area contributed by atoms with Gasteiger partial charge in [0.05, 0.1) is 10.5 Å². The van der Waals surface area contributed by atoms with E-state index < -0.39 is 23.7 Å². The van der Waals surface area contributed by atoms with Gasteiger partial charge in [-0.3, -0.25) is 14.9 Å². The van der Waals surface area contributed by atoms with Gasteiger partial charge in [-0.15, -0.1) is 12.6 Å². The van der Waals surface area contributed by atoms with Gasteiger partial charge in [-0.05, 0) is 23.7 Å². The van der Waals surface area contributed by atoms with Crippen molar-refractivity contribution in [2.75, 3.05) is 0 Å². The number of esters is 1. The molecule has 128 valence electrons. The summed E-state index contributed by atoms with van der Waals surface area (Å²) in [5, 5.41) is 29.2. The minimum Gasteiger partial charge on any atom is -0.427 e. The molecule has 0 amide bonds. The molecule has 2 N–H and O–H groups in total. The van der Waals surface area contributed by atoms with E-state index in [0.717, 1.165) is 18.2 Å². The monoisotopic (exact) mass is 363 g/mol. The lowest BCUT2D eigenvalue weighted by Gasteiger charge is -2.08. The Labute approximate surface area is 146 Å². The Balaban J connectivity index is 2.33. The van der Waals surface area contributed by atoms with Crippen LogP contribution in [0.1, 0.15) is 10.4 Å². The van der Waals surface area contributed by atoms with Gasteiger partial charge in [0.1, 0.15) is 11.5 Å². The van der Waals surface area contributed by atoms with Gasteiger partial charge < -0.3 is 19.5 Å². The smallest absolute Gasteiger partial charge is 0.427 e. The van der Waals surface area contributed by atoms with Gasteiger partial charge in [-0.25, -0.2) is 4.79 Å². The highest BCUT2D eigenvalue weighted by molar-refractivity contribution is 7.80. The van der Waals surface area contributed by atoms with E-state index in [-0.39, 0.29) is 29.0 Å². The maximum absolute atomic E-state index is 12.2. The normalized spacial score (nSPS) is 10.0. The van der Waals surface area contributed by atoms with Crippen molar-refractivity contribution >= 4 is 43.3 Å². The van der Waals surface area contributed by atoms with Crippen molar-refractivity contribution < 1.29 is 34.0 Å². The summed E-state index contributed by atoms with van der Waals surface area (Å²) in [5.74, 6) is -0.930. The Morgan fingerprint density at radius 1 is 1.24 bits per heavy atom. The van der Waals surface area contributed by atoms with E-state index in [4.69, 9.17) is 4.74 Å². The summed E-state index contributed by atoms with van der Waals surface area (Å²) < 4.78 is 9.72. The average Bonchev–Trinajstić information content (AvgIpc) is 2.57. The first-order valence-corrected chi connectivity index (χ1v) is 7.07. The molecule has 25 heavy (non-hydrogen) atoms. The Morgan fingerprint density at radius 3 is 2.56 bits per heavy atom. The first kappa shape index (κ1) is 18.5. The second kappa shape index (κ2) is 7.79. The average molecular weight is 363 g/mol. The number of nitrogens with zero attached hydrogens (tertiary/aromatic N) is 1. The topological polar surface area (TPSA) is 136 Å². The number of thiol groups is 1. The molecule has 0 saturated carbocycles. The molecule has 0 aromatic heterocycles. The second-order valence-electron chi connectivity index (χ2n) is 4.68. The number of non-ortho nitro benzene ring substituents is 1. The van der Waals surface area contributed by atoms with Crippen LogP contribution >= 0.6 is 12.6 Å². The van der Waals surface area contributed by atoms with Crippen molar-refractivity contribution in [2.45, 2.75) is 4.90 Å².